The molecule has 3 heterocycles. The summed E-state index contributed by atoms with van der Waals surface area (Å²) in [6.45, 7) is 3.82. The minimum Gasteiger partial charge on any atom is -0.312 e. The van der Waals surface area contributed by atoms with E-state index in [9.17, 15) is 0 Å². The SMILES string of the molecule is Cc1cc(Br)cn2cc(CCNCc3cccnc3)nc12. The first-order valence-corrected chi connectivity index (χ1v) is 7.75. The zero-order valence-electron chi connectivity index (χ0n) is 11.9. The third kappa shape index (κ3) is 3.49. The summed E-state index contributed by atoms with van der Waals surface area (Å²) in [5.74, 6) is 0. The number of imidazole rings is 1. The maximum Gasteiger partial charge on any atom is 0.139 e. The summed E-state index contributed by atoms with van der Waals surface area (Å²) in [5.41, 5.74) is 4.52. The van der Waals surface area contributed by atoms with Crippen molar-refractivity contribution in [2.45, 2.75) is 19.9 Å². The highest BCUT2D eigenvalue weighted by Crippen LogP contribution is 2.17. The number of pyridine rings is 2. The van der Waals surface area contributed by atoms with Gasteiger partial charge in [0.25, 0.3) is 0 Å². The molecule has 5 heteroatoms. The van der Waals surface area contributed by atoms with Crippen molar-refractivity contribution in [3.05, 3.63) is 64.3 Å². The average molecular weight is 345 g/mol. The van der Waals surface area contributed by atoms with Gasteiger partial charge < -0.3 is 9.72 Å². The number of hydrogen-bond acceptors (Lipinski definition) is 3. The van der Waals surface area contributed by atoms with Crippen LogP contribution in [0.25, 0.3) is 5.65 Å². The Morgan fingerprint density at radius 3 is 3.05 bits per heavy atom. The Morgan fingerprint density at radius 1 is 1.33 bits per heavy atom. The molecule has 0 aliphatic rings. The summed E-state index contributed by atoms with van der Waals surface area (Å²) in [4.78, 5) is 8.80. The maximum absolute atomic E-state index is 4.69. The fraction of sp³-hybridized carbons (Fsp3) is 0.250. The van der Waals surface area contributed by atoms with Crippen LogP contribution < -0.4 is 5.32 Å². The molecule has 4 nitrogen and oxygen atoms in total. The van der Waals surface area contributed by atoms with Crippen LogP contribution in [0.2, 0.25) is 0 Å². The van der Waals surface area contributed by atoms with Gasteiger partial charge in [-0.15, -0.1) is 0 Å². The first-order valence-electron chi connectivity index (χ1n) is 6.96. The van der Waals surface area contributed by atoms with Gasteiger partial charge in [-0.3, -0.25) is 4.98 Å². The lowest BCUT2D eigenvalue weighted by Gasteiger charge is -2.02. The molecule has 0 aliphatic heterocycles. The highest BCUT2D eigenvalue weighted by Gasteiger charge is 2.05. The highest BCUT2D eigenvalue weighted by molar-refractivity contribution is 9.10. The minimum atomic E-state index is 0.839. The molecule has 0 atom stereocenters. The Balaban J connectivity index is 1.59. The molecule has 0 fully saturated rings. The molecule has 3 rings (SSSR count). The monoisotopic (exact) mass is 344 g/mol. The Hall–Kier alpha value is -1.72. The van der Waals surface area contributed by atoms with Crippen LogP contribution in [-0.2, 0) is 13.0 Å². The van der Waals surface area contributed by atoms with Crippen molar-refractivity contribution in [1.82, 2.24) is 19.7 Å². The second kappa shape index (κ2) is 6.37. The van der Waals surface area contributed by atoms with E-state index in [2.05, 4.69) is 60.9 Å². The van der Waals surface area contributed by atoms with Crippen molar-refractivity contribution in [2.75, 3.05) is 6.54 Å². The van der Waals surface area contributed by atoms with E-state index in [-0.39, 0.29) is 0 Å². The van der Waals surface area contributed by atoms with Gasteiger partial charge >= 0.3 is 0 Å². The Kier molecular flexibility index (Phi) is 4.31. The van der Waals surface area contributed by atoms with Crippen molar-refractivity contribution >= 4 is 21.6 Å². The van der Waals surface area contributed by atoms with Crippen molar-refractivity contribution in [3.63, 3.8) is 0 Å². The quantitative estimate of drug-likeness (QED) is 0.723. The molecular weight excluding hydrogens is 328 g/mol. The Morgan fingerprint density at radius 2 is 2.24 bits per heavy atom. The van der Waals surface area contributed by atoms with Gasteiger partial charge in [0.15, 0.2) is 0 Å². The van der Waals surface area contributed by atoms with E-state index < -0.39 is 0 Å². The second-order valence-corrected chi connectivity index (χ2v) is 6.01. The van der Waals surface area contributed by atoms with Crippen LogP contribution in [0.5, 0.6) is 0 Å². The number of aryl methyl sites for hydroxylation is 1. The smallest absolute Gasteiger partial charge is 0.139 e. The average Bonchev–Trinajstić information content (AvgIpc) is 2.88. The van der Waals surface area contributed by atoms with Crippen LogP contribution in [-0.4, -0.2) is 20.9 Å². The number of nitrogens with zero attached hydrogens (tertiary/aromatic N) is 3. The Labute approximate surface area is 132 Å². The first-order chi connectivity index (χ1) is 10.2. The molecule has 0 aliphatic carbocycles. The number of rotatable bonds is 5. The van der Waals surface area contributed by atoms with E-state index in [1.807, 2.05) is 18.5 Å². The summed E-state index contributed by atoms with van der Waals surface area (Å²) < 4.78 is 3.15. The minimum absolute atomic E-state index is 0.839. The van der Waals surface area contributed by atoms with Gasteiger partial charge in [0.2, 0.25) is 0 Å². The molecule has 0 aromatic carbocycles. The van der Waals surface area contributed by atoms with E-state index in [0.29, 0.717) is 0 Å². The maximum atomic E-state index is 4.69. The van der Waals surface area contributed by atoms with Crippen LogP contribution in [0.3, 0.4) is 0 Å². The molecule has 3 aromatic heterocycles. The van der Waals surface area contributed by atoms with E-state index in [1.54, 1.807) is 6.20 Å². The van der Waals surface area contributed by atoms with Gasteiger partial charge in [-0.2, -0.15) is 0 Å². The standard InChI is InChI=1S/C16H17BrN4/c1-12-7-14(17)10-21-11-15(20-16(12)21)4-6-19-9-13-3-2-5-18-8-13/h2-3,5,7-8,10-11,19H,4,6,9H2,1H3. The van der Waals surface area contributed by atoms with Gasteiger partial charge in [-0.05, 0) is 46.1 Å². The number of halogens is 1. The third-order valence-electron chi connectivity index (χ3n) is 3.36. The van der Waals surface area contributed by atoms with Crippen molar-refractivity contribution in [3.8, 4) is 0 Å². The van der Waals surface area contributed by atoms with Crippen molar-refractivity contribution in [2.24, 2.45) is 0 Å². The Bertz CT molecular complexity index is 737. The molecule has 0 saturated heterocycles. The van der Waals surface area contributed by atoms with E-state index in [4.69, 9.17) is 0 Å². The molecule has 0 saturated carbocycles. The van der Waals surface area contributed by atoms with Crippen LogP contribution in [0, 0.1) is 6.92 Å². The fourth-order valence-corrected chi connectivity index (χ4v) is 2.91. The lowest BCUT2D eigenvalue weighted by Crippen LogP contribution is -2.16. The van der Waals surface area contributed by atoms with Gasteiger partial charge in [0.1, 0.15) is 5.65 Å². The van der Waals surface area contributed by atoms with E-state index in [1.165, 1.54) is 11.1 Å². The number of aromatic nitrogens is 3. The predicted molar refractivity (Wildman–Crippen MR) is 87.3 cm³/mol. The second-order valence-electron chi connectivity index (χ2n) is 5.09. The largest absolute Gasteiger partial charge is 0.312 e. The van der Waals surface area contributed by atoms with Crippen LogP contribution in [0.1, 0.15) is 16.8 Å². The van der Waals surface area contributed by atoms with Gasteiger partial charge in [-0.25, -0.2) is 4.98 Å². The molecule has 21 heavy (non-hydrogen) atoms. The summed E-state index contributed by atoms with van der Waals surface area (Å²) in [5, 5.41) is 3.42. The molecule has 108 valence electrons. The molecule has 0 spiro atoms. The summed E-state index contributed by atoms with van der Waals surface area (Å²) in [7, 11) is 0. The van der Waals surface area contributed by atoms with Crippen LogP contribution in [0.15, 0.2) is 47.5 Å². The predicted octanol–water partition coefficient (Wildman–Crippen LogP) is 3.13. The zero-order valence-corrected chi connectivity index (χ0v) is 13.5. The molecule has 0 bridgehead atoms. The van der Waals surface area contributed by atoms with E-state index in [0.717, 1.165) is 35.3 Å². The zero-order chi connectivity index (χ0) is 14.7. The van der Waals surface area contributed by atoms with Crippen molar-refractivity contribution in [1.29, 1.82) is 0 Å². The molecule has 1 N–H and O–H groups in total. The number of nitrogens with one attached hydrogen (secondary N) is 1. The number of fused-ring (bicyclic) bond motifs is 1. The highest BCUT2D eigenvalue weighted by atomic mass is 79.9. The summed E-state index contributed by atoms with van der Waals surface area (Å²) >= 11 is 3.52. The number of hydrogen-bond donors (Lipinski definition) is 1. The summed E-state index contributed by atoms with van der Waals surface area (Å²) in [6.07, 6.45) is 8.74. The lowest BCUT2D eigenvalue weighted by molar-refractivity contribution is 0.680. The summed E-state index contributed by atoms with van der Waals surface area (Å²) in [6, 6.07) is 6.12. The molecule has 0 radical (unpaired) electrons. The molecule has 0 unspecified atom stereocenters. The topological polar surface area (TPSA) is 42.2 Å². The van der Waals surface area contributed by atoms with E-state index >= 15 is 0 Å². The lowest BCUT2D eigenvalue weighted by atomic mass is 10.3. The fourth-order valence-electron chi connectivity index (χ4n) is 2.35. The first kappa shape index (κ1) is 14.2. The normalized spacial score (nSPS) is 11.1. The molecule has 3 aromatic rings. The van der Waals surface area contributed by atoms with Gasteiger partial charge in [0, 0.05) is 48.8 Å². The molecular formula is C16H17BrN4. The van der Waals surface area contributed by atoms with Gasteiger partial charge in [0.05, 0.1) is 5.69 Å². The van der Waals surface area contributed by atoms with Crippen LogP contribution >= 0.6 is 15.9 Å². The third-order valence-corrected chi connectivity index (χ3v) is 3.80. The van der Waals surface area contributed by atoms with Crippen LogP contribution in [0.4, 0.5) is 0 Å². The molecule has 0 amide bonds. The van der Waals surface area contributed by atoms with Crippen molar-refractivity contribution < 1.29 is 0 Å². The van der Waals surface area contributed by atoms with Gasteiger partial charge in [-0.1, -0.05) is 6.07 Å².